The molecule has 0 saturated carbocycles. The first-order valence-electron chi connectivity index (χ1n) is 4.70. The van der Waals surface area contributed by atoms with Crippen molar-refractivity contribution < 1.29 is 14.3 Å². The Hall–Kier alpha value is -1.71. The largest absolute Gasteiger partial charge is 0.497 e. The van der Waals surface area contributed by atoms with E-state index in [-0.39, 0.29) is 0 Å². The second-order valence-electron chi connectivity index (χ2n) is 3.72. The van der Waals surface area contributed by atoms with Crippen molar-refractivity contribution in [2.75, 3.05) is 7.11 Å². The number of oxime groups is 1. The maximum Gasteiger partial charge on any atom is 0.271 e. The highest BCUT2D eigenvalue weighted by Crippen LogP contribution is 2.23. The Balaban J connectivity index is 2.18. The van der Waals surface area contributed by atoms with Crippen LogP contribution in [0.3, 0.4) is 0 Å². The maximum atomic E-state index is 5.50. The first-order chi connectivity index (χ1) is 7.11. The van der Waals surface area contributed by atoms with Crippen LogP contribution in [-0.4, -0.2) is 18.8 Å². The Morgan fingerprint density at radius 3 is 2.33 bits per heavy atom. The lowest BCUT2D eigenvalue weighted by atomic mass is 10.2. The Morgan fingerprint density at radius 1 is 1.20 bits per heavy atom. The van der Waals surface area contributed by atoms with Gasteiger partial charge in [0, 0.05) is 19.4 Å². The molecule has 0 fully saturated rings. The molecule has 0 aromatic heterocycles. The van der Waals surface area contributed by atoms with E-state index in [0.717, 1.165) is 11.3 Å². The lowest BCUT2D eigenvalue weighted by Gasteiger charge is -2.14. The van der Waals surface area contributed by atoms with Crippen molar-refractivity contribution in [3.8, 4) is 5.75 Å². The fourth-order valence-electron chi connectivity index (χ4n) is 1.27. The average molecular weight is 207 g/mol. The number of hydrogen-bond acceptors (Lipinski definition) is 4. The van der Waals surface area contributed by atoms with Crippen LogP contribution >= 0.6 is 0 Å². The van der Waals surface area contributed by atoms with E-state index in [1.54, 1.807) is 7.11 Å². The van der Waals surface area contributed by atoms with E-state index in [2.05, 4.69) is 5.16 Å². The molecule has 0 aliphatic carbocycles. The first kappa shape index (κ1) is 9.83. The number of nitrogens with zero attached hydrogens (tertiary/aromatic N) is 1. The fraction of sp³-hybridized carbons (Fsp3) is 0.364. The van der Waals surface area contributed by atoms with Crippen molar-refractivity contribution in [2.24, 2.45) is 5.16 Å². The summed E-state index contributed by atoms with van der Waals surface area (Å²) < 4.78 is 10.6. The molecule has 4 heteroatoms. The molecule has 1 heterocycles. The topological polar surface area (TPSA) is 40.0 Å². The van der Waals surface area contributed by atoms with Crippen LogP contribution in [0.15, 0.2) is 29.4 Å². The number of benzene rings is 1. The molecule has 0 N–H and O–H groups in total. The number of hydrogen-bond donors (Lipinski definition) is 0. The van der Waals surface area contributed by atoms with Gasteiger partial charge in [-0.25, -0.2) is 0 Å². The number of ether oxygens (including phenoxy) is 2. The van der Waals surface area contributed by atoms with Crippen molar-refractivity contribution in [2.45, 2.75) is 19.6 Å². The Labute approximate surface area is 88.4 Å². The van der Waals surface area contributed by atoms with Crippen LogP contribution in [-0.2, 0) is 9.57 Å². The summed E-state index contributed by atoms with van der Waals surface area (Å²) in [6.07, 6.45) is 0. The fourth-order valence-corrected chi connectivity index (χ4v) is 1.27. The van der Waals surface area contributed by atoms with Gasteiger partial charge in [0.15, 0.2) is 0 Å². The summed E-state index contributed by atoms with van der Waals surface area (Å²) >= 11 is 0. The highest BCUT2D eigenvalue weighted by molar-refractivity contribution is 5.94. The normalized spacial score (nSPS) is 17.7. The van der Waals surface area contributed by atoms with Gasteiger partial charge in [-0.2, -0.15) is 0 Å². The monoisotopic (exact) mass is 207 g/mol. The summed E-state index contributed by atoms with van der Waals surface area (Å²) in [5, 5.41) is 3.87. The van der Waals surface area contributed by atoms with Gasteiger partial charge in [-0.05, 0) is 29.4 Å². The van der Waals surface area contributed by atoms with E-state index in [1.807, 2.05) is 38.1 Å². The molecule has 1 aliphatic heterocycles. The molecule has 1 aromatic carbocycles. The van der Waals surface area contributed by atoms with Gasteiger partial charge in [0.1, 0.15) is 5.75 Å². The van der Waals surface area contributed by atoms with E-state index < -0.39 is 5.79 Å². The highest BCUT2D eigenvalue weighted by Gasteiger charge is 2.30. The lowest BCUT2D eigenvalue weighted by Crippen LogP contribution is -2.22. The molecule has 80 valence electrons. The molecule has 1 aromatic rings. The summed E-state index contributed by atoms with van der Waals surface area (Å²) in [6, 6.07) is 7.46. The Bertz CT molecular complexity index is 381. The summed E-state index contributed by atoms with van der Waals surface area (Å²) in [6.45, 7) is 3.63. The van der Waals surface area contributed by atoms with Crippen LogP contribution in [0, 0.1) is 0 Å². The zero-order valence-electron chi connectivity index (χ0n) is 8.98. The third-order valence-corrected chi connectivity index (χ3v) is 2.03. The minimum Gasteiger partial charge on any atom is -0.497 e. The predicted octanol–water partition coefficient (Wildman–Crippen LogP) is 2.14. The molecule has 0 saturated heterocycles. The van der Waals surface area contributed by atoms with E-state index in [1.165, 1.54) is 0 Å². The Morgan fingerprint density at radius 2 is 1.87 bits per heavy atom. The summed E-state index contributed by atoms with van der Waals surface area (Å²) in [5.74, 6) is 0.634. The van der Waals surface area contributed by atoms with Crippen LogP contribution in [0.2, 0.25) is 0 Å². The van der Waals surface area contributed by atoms with Crippen molar-refractivity contribution in [3.63, 3.8) is 0 Å². The summed E-state index contributed by atoms with van der Waals surface area (Å²) in [5.41, 5.74) is 0.876. The molecule has 0 amide bonds. The van der Waals surface area contributed by atoms with Crippen LogP contribution < -0.4 is 4.74 Å². The standard InChI is InChI=1S/C11H13NO3/c1-11(2)14-10(12-15-11)8-4-6-9(13-3)7-5-8/h4-7H,1-3H3. The minimum atomic E-state index is -0.671. The maximum absolute atomic E-state index is 5.50. The molecule has 0 radical (unpaired) electrons. The van der Waals surface area contributed by atoms with E-state index in [0.29, 0.717) is 5.90 Å². The van der Waals surface area contributed by atoms with E-state index in [9.17, 15) is 0 Å². The second-order valence-corrected chi connectivity index (χ2v) is 3.72. The molecular formula is C11H13NO3. The van der Waals surface area contributed by atoms with Crippen molar-refractivity contribution in [1.29, 1.82) is 0 Å². The Kier molecular flexibility index (Phi) is 2.26. The van der Waals surface area contributed by atoms with Gasteiger partial charge in [-0.1, -0.05) is 0 Å². The highest BCUT2D eigenvalue weighted by atomic mass is 16.8. The van der Waals surface area contributed by atoms with Crippen LogP contribution in [0.1, 0.15) is 19.4 Å². The van der Waals surface area contributed by atoms with Crippen LogP contribution in [0.4, 0.5) is 0 Å². The molecule has 0 unspecified atom stereocenters. The van der Waals surface area contributed by atoms with Gasteiger partial charge in [-0.3, -0.25) is 0 Å². The molecule has 1 aliphatic rings. The quantitative estimate of drug-likeness (QED) is 0.745. The minimum absolute atomic E-state index is 0.502. The molecule has 2 rings (SSSR count). The van der Waals surface area contributed by atoms with Crippen molar-refractivity contribution in [3.05, 3.63) is 29.8 Å². The lowest BCUT2D eigenvalue weighted by molar-refractivity contribution is -0.128. The van der Waals surface area contributed by atoms with Crippen molar-refractivity contribution >= 4 is 5.90 Å². The number of rotatable bonds is 2. The molecule has 15 heavy (non-hydrogen) atoms. The van der Waals surface area contributed by atoms with Crippen molar-refractivity contribution in [1.82, 2.24) is 0 Å². The van der Waals surface area contributed by atoms with Crippen LogP contribution in [0.25, 0.3) is 0 Å². The predicted molar refractivity (Wildman–Crippen MR) is 55.8 cm³/mol. The molecule has 0 bridgehead atoms. The first-order valence-corrected chi connectivity index (χ1v) is 4.70. The molecule has 0 atom stereocenters. The third-order valence-electron chi connectivity index (χ3n) is 2.03. The average Bonchev–Trinajstić information content (AvgIpc) is 2.59. The summed E-state index contributed by atoms with van der Waals surface area (Å²) in [4.78, 5) is 5.10. The summed E-state index contributed by atoms with van der Waals surface area (Å²) in [7, 11) is 1.63. The number of methoxy groups -OCH3 is 1. The molecule has 0 spiro atoms. The van der Waals surface area contributed by atoms with Gasteiger partial charge in [0.25, 0.3) is 11.7 Å². The zero-order valence-corrected chi connectivity index (χ0v) is 8.98. The third kappa shape index (κ3) is 2.03. The zero-order chi connectivity index (χ0) is 10.9. The molecule has 4 nitrogen and oxygen atoms in total. The van der Waals surface area contributed by atoms with E-state index >= 15 is 0 Å². The van der Waals surface area contributed by atoms with E-state index in [4.69, 9.17) is 14.3 Å². The van der Waals surface area contributed by atoms with Gasteiger partial charge >= 0.3 is 0 Å². The smallest absolute Gasteiger partial charge is 0.271 e. The molecular weight excluding hydrogens is 194 g/mol. The van der Waals surface area contributed by atoms with Gasteiger partial charge in [-0.15, -0.1) is 0 Å². The second kappa shape index (κ2) is 3.46. The van der Waals surface area contributed by atoms with Gasteiger partial charge in [0.05, 0.1) is 7.11 Å². The van der Waals surface area contributed by atoms with Crippen LogP contribution in [0.5, 0.6) is 5.75 Å². The SMILES string of the molecule is COc1ccc(C2=NOC(C)(C)O2)cc1. The van der Waals surface area contributed by atoms with Gasteiger partial charge in [0.2, 0.25) is 0 Å². The van der Waals surface area contributed by atoms with Gasteiger partial charge < -0.3 is 14.3 Å².